The second-order valence-electron chi connectivity index (χ2n) is 4.96. The van der Waals surface area contributed by atoms with Crippen molar-refractivity contribution in [3.8, 4) is 0 Å². The van der Waals surface area contributed by atoms with Crippen molar-refractivity contribution in [2.75, 3.05) is 14.1 Å². The van der Waals surface area contributed by atoms with E-state index in [4.69, 9.17) is 4.42 Å². The molecular formula is C15H20N2O3S. The van der Waals surface area contributed by atoms with Gasteiger partial charge in [0.1, 0.15) is 5.76 Å². The van der Waals surface area contributed by atoms with Crippen molar-refractivity contribution in [3.63, 3.8) is 0 Å². The van der Waals surface area contributed by atoms with Crippen LogP contribution in [0.1, 0.15) is 16.9 Å². The Morgan fingerprint density at radius 1 is 1.29 bits per heavy atom. The lowest BCUT2D eigenvalue weighted by molar-refractivity contribution is 0.406. The van der Waals surface area contributed by atoms with Crippen LogP contribution in [0.4, 0.5) is 0 Å². The molecule has 0 spiro atoms. The molecular weight excluding hydrogens is 288 g/mol. The fraction of sp³-hybridized carbons (Fsp3) is 0.333. The lowest BCUT2D eigenvalue weighted by Gasteiger charge is -2.17. The standard InChI is InChI=1S/C15H20N2O3S/c1-12-6-7-15(9-13(12)10-16-2)21(18,19)17(3)11-14-5-4-8-20-14/h4-9,16H,10-11H2,1-3H3. The molecule has 0 amide bonds. The highest BCUT2D eigenvalue weighted by Crippen LogP contribution is 2.20. The molecule has 0 atom stereocenters. The van der Waals surface area contributed by atoms with Crippen LogP contribution in [-0.2, 0) is 23.1 Å². The number of rotatable bonds is 6. The first-order chi connectivity index (χ1) is 9.95. The lowest BCUT2D eigenvalue weighted by Crippen LogP contribution is -2.26. The number of nitrogens with one attached hydrogen (secondary N) is 1. The summed E-state index contributed by atoms with van der Waals surface area (Å²) in [6.07, 6.45) is 1.53. The Morgan fingerprint density at radius 2 is 2.05 bits per heavy atom. The summed E-state index contributed by atoms with van der Waals surface area (Å²) in [5.74, 6) is 0.614. The average molecular weight is 308 g/mol. The summed E-state index contributed by atoms with van der Waals surface area (Å²) in [6, 6.07) is 8.70. The van der Waals surface area contributed by atoms with Gasteiger partial charge in [-0.25, -0.2) is 8.42 Å². The highest BCUT2D eigenvalue weighted by Gasteiger charge is 2.22. The predicted octanol–water partition coefficient (Wildman–Crippen LogP) is 2.13. The van der Waals surface area contributed by atoms with Crippen molar-refractivity contribution in [2.45, 2.75) is 24.9 Å². The molecule has 21 heavy (non-hydrogen) atoms. The van der Waals surface area contributed by atoms with Crippen molar-refractivity contribution in [1.29, 1.82) is 0 Å². The number of sulfonamides is 1. The van der Waals surface area contributed by atoms with Gasteiger partial charge in [0.2, 0.25) is 10.0 Å². The van der Waals surface area contributed by atoms with Crippen LogP contribution < -0.4 is 5.32 Å². The van der Waals surface area contributed by atoms with Crippen LogP contribution in [0.3, 0.4) is 0 Å². The summed E-state index contributed by atoms with van der Waals surface area (Å²) in [7, 11) is -0.139. The lowest BCUT2D eigenvalue weighted by atomic mass is 10.1. The molecule has 0 unspecified atom stereocenters. The normalized spacial score (nSPS) is 12.0. The molecule has 0 fully saturated rings. The average Bonchev–Trinajstić information content (AvgIpc) is 2.94. The second kappa shape index (κ2) is 6.43. The molecule has 1 aromatic heterocycles. The smallest absolute Gasteiger partial charge is 0.243 e. The number of aryl methyl sites for hydroxylation is 1. The number of benzene rings is 1. The molecule has 5 nitrogen and oxygen atoms in total. The van der Waals surface area contributed by atoms with Crippen LogP contribution in [0.2, 0.25) is 0 Å². The van der Waals surface area contributed by atoms with Gasteiger partial charge in [-0.2, -0.15) is 4.31 Å². The molecule has 1 N–H and O–H groups in total. The van der Waals surface area contributed by atoms with Gasteiger partial charge in [0.25, 0.3) is 0 Å². The van der Waals surface area contributed by atoms with Crippen molar-refractivity contribution in [3.05, 3.63) is 53.5 Å². The van der Waals surface area contributed by atoms with E-state index in [2.05, 4.69) is 5.32 Å². The van der Waals surface area contributed by atoms with E-state index < -0.39 is 10.0 Å². The van der Waals surface area contributed by atoms with Gasteiger partial charge in [-0.05, 0) is 49.4 Å². The first kappa shape index (κ1) is 15.8. The van der Waals surface area contributed by atoms with E-state index in [9.17, 15) is 8.42 Å². The Bertz CT molecular complexity index is 694. The molecule has 0 saturated carbocycles. The summed E-state index contributed by atoms with van der Waals surface area (Å²) >= 11 is 0. The largest absolute Gasteiger partial charge is 0.468 e. The maximum atomic E-state index is 12.6. The second-order valence-corrected chi connectivity index (χ2v) is 7.00. The molecule has 0 radical (unpaired) electrons. The van der Waals surface area contributed by atoms with E-state index in [-0.39, 0.29) is 6.54 Å². The van der Waals surface area contributed by atoms with Crippen LogP contribution in [0.5, 0.6) is 0 Å². The third-order valence-corrected chi connectivity index (χ3v) is 5.15. The minimum Gasteiger partial charge on any atom is -0.468 e. The van der Waals surface area contributed by atoms with Crippen molar-refractivity contribution < 1.29 is 12.8 Å². The fourth-order valence-electron chi connectivity index (χ4n) is 2.08. The molecule has 0 aliphatic heterocycles. The fourth-order valence-corrected chi connectivity index (χ4v) is 3.26. The number of nitrogens with zero attached hydrogens (tertiary/aromatic N) is 1. The Hall–Kier alpha value is -1.63. The Labute approximate surface area is 125 Å². The van der Waals surface area contributed by atoms with Crippen LogP contribution in [0.25, 0.3) is 0 Å². The highest BCUT2D eigenvalue weighted by molar-refractivity contribution is 7.89. The van der Waals surface area contributed by atoms with Crippen molar-refractivity contribution in [1.82, 2.24) is 9.62 Å². The van der Waals surface area contributed by atoms with Crippen molar-refractivity contribution in [2.24, 2.45) is 0 Å². The maximum absolute atomic E-state index is 12.6. The first-order valence-electron chi connectivity index (χ1n) is 6.68. The van der Waals surface area contributed by atoms with Crippen molar-refractivity contribution >= 4 is 10.0 Å². The Morgan fingerprint density at radius 3 is 2.67 bits per heavy atom. The van der Waals surface area contributed by atoms with Crippen LogP contribution in [-0.4, -0.2) is 26.8 Å². The highest BCUT2D eigenvalue weighted by atomic mass is 32.2. The summed E-state index contributed by atoms with van der Waals surface area (Å²) in [5, 5.41) is 3.05. The molecule has 0 aliphatic carbocycles. The van der Waals surface area contributed by atoms with Gasteiger partial charge in [0.05, 0.1) is 17.7 Å². The van der Waals surface area contributed by atoms with E-state index >= 15 is 0 Å². The van der Waals surface area contributed by atoms with Gasteiger partial charge in [-0.1, -0.05) is 6.07 Å². The molecule has 0 aliphatic rings. The van der Waals surface area contributed by atoms with Gasteiger partial charge in [0, 0.05) is 13.6 Å². The predicted molar refractivity (Wildman–Crippen MR) is 81.3 cm³/mol. The topological polar surface area (TPSA) is 62.6 Å². The van der Waals surface area contributed by atoms with Gasteiger partial charge in [0.15, 0.2) is 0 Å². The van der Waals surface area contributed by atoms with Gasteiger partial charge >= 0.3 is 0 Å². The Balaban J connectivity index is 2.28. The summed E-state index contributed by atoms with van der Waals surface area (Å²) in [4.78, 5) is 0.299. The molecule has 2 aromatic rings. The molecule has 2 rings (SSSR count). The maximum Gasteiger partial charge on any atom is 0.243 e. The van der Waals surface area contributed by atoms with Crippen LogP contribution in [0.15, 0.2) is 45.9 Å². The molecule has 1 heterocycles. The summed E-state index contributed by atoms with van der Waals surface area (Å²) in [5.41, 5.74) is 2.04. The zero-order valence-corrected chi connectivity index (χ0v) is 13.3. The van der Waals surface area contributed by atoms with E-state index in [0.29, 0.717) is 17.2 Å². The number of hydrogen-bond acceptors (Lipinski definition) is 4. The molecule has 6 heteroatoms. The summed E-state index contributed by atoms with van der Waals surface area (Å²) in [6.45, 7) is 2.82. The monoisotopic (exact) mass is 308 g/mol. The molecule has 1 aromatic carbocycles. The number of hydrogen-bond donors (Lipinski definition) is 1. The zero-order valence-electron chi connectivity index (χ0n) is 12.5. The summed E-state index contributed by atoms with van der Waals surface area (Å²) < 4.78 is 31.7. The van der Waals surface area contributed by atoms with E-state index in [1.165, 1.54) is 10.6 Å². The Kier molecular flexibility index (Phi) is 4.82. The van der Waals surface area contributed by atoms with Gasteiger partial charge < -0.3 is 9.73 Å². The molecule has 0 saturated heterocycles. The van der Waals surface area contributed by atoms with Gasteiger partial charge in [-0.3, -0.25) is 0 Å². The van der Waals surface area contributed by atoms with E-state index in [1.54, 1.807) is 31.3 Å². The van der Waals surface area contributed by atoms with Crippen LogP contribution in [0, 0.1) is 6.92 Å². The first-order valence-corrected chi connectivity index (χ1v) is 8.12. The van der Waals surface area contributed by atoms with Gasteiger partial charge in [-0.15, -0.1) is 0 Å². The third kappa shape index (κ3) is 3.53. The molecule has 0 bridgehead atoms. The quantitative estimate of drug-likeness (QED) is 0.888. The minimum atomic E-state index is -3.53. The molecule has 114 valence electrons. The third-order valence-electron chi connectivity index (χ3n) is 3.35. The minimum absolute atomic E-state index is 0.213. The van der Waals surface area contributed by atoms with E-state index in [1.807, 2.05) is 20.0 Å². The zero-order chi connectivity index (χ0) is 15.5. The number of furan rings is 1. The van der Waals surface area contributed by atoms with Crippen LogP contribution >= 0.6 is 0 Å². The SMILES string of the molecule is CNCc1cc(S(=O)(=O)N(C)Cc2ccco2)ccc1C. The van der Waals surface area contributed by atoms with E-state index in [0.717, 1.165) is 11.1 Å².